The molecule has 1 aliphatic rings. The molecule has 0 spiro atoms. The van der Waals surface area contributed by atoms with Gasteiger partial charge in [-0.2, -0.15) is 0 Å². The maximum Gasteiger partial charge on any atom is 0.227 e. The molecule has 1 aromatic heterocycles. The van der Waals surface area contributed by atoms with Crippen molar-refractivity contribution in [3.05, 3.63) is 102 Å². The average Bonchev–Trinajstić information content (AvgIpc) is 3.33. The van der Waals surface area contributed by atoms with Crippen LogP contribution in [0.5, 0.6) is 0 Å². The first-order chi connectivity index (χ1) is 15.1. The van der Waals surface area contributed by atoms with Crippen LogP contribution >= 0.6 is 0 Å². The van der Waals surface area contributed by atoms with E-state index in [1.807, 2.05) is 48.5 Å². The molecule has 3 heteroatoms. The van der Waals surface area contributed by atoms with Crippen molar-refractivity contribution in [2.24, 2.45) is 0 Å². The summed E-state index contributed by atoms with van der Waals surface area (Å²) in [6.45, 7) is 4.59. The van der Waals surface area contributed by atoms with Gasteiger partial charge in [0.15, 0.2) is 5.58 Å². The van der Waals surface area contributed by atoms with Gasteiger partial charge < -0.3 is 9.73 Å². The Hall–Kier alpha value is -3.85. The molecule has 0 bridgehead atoms. The van der Waals surface area contributed by atoms with Crippen LogP contribution in [-0.4, -0.2) is 4.98 Å². The molecule has 0 amide bonds. The van der Waals surface area contributed by atoms with Crippen LogP contribution in [0.4, 0.5) is 11.4 Å². The zero-order valence-corrected chi connectivity index (χ0v) is 17.5. The number of hydrogen-bond acceptors (Lipinski definition) is 3. The molecule has 1 N–H and O–H groups in total. The largest absolute Gasteiger partial charge is 0.434 e. The highest BCUT2D eigenvalue weighted by atomic mass is 16.3. The molecule has 31 heavy (non-hydrogen) atoms. The number of hydrogen-bond donors (Lipinski definition) is 1. The first-order valence-electron chi connectivity index (χ1n) is 10.6. The summed E-state index contributed by atoms with van der Waals surface area (Å²) in [5.41, 5.74) is 9.89. The molecule has 0 fully saturated rings. The molecule has 0 saturated heterocycles. The highest BCUT2D eigenvalue weighted by molar-refractivity contribution is 5.91. The van der Waals surface area contributed by atoms with Gasteiger partial charge in [-0.05, 0) is 58.7 Å². The highest BCUT2D eigenvalue weighted by Gasteiger charge is 2.35. The molecule has 3 nitrogen and oxygen atoms in total. The van der Waals surface area contributed by atoms with Crippen LogP contribution in [-0.2, 0) is 5.41 Å². The Labute approximate surface area is 181 Å². The Kier molecular flexibility index (Phi) is 3.81. The van der Waals surface area contributed by atoms with E-state index in [-0.39, 0.29) is 5.41 Å². The van der Waals surface area contributed by atoms with Crippen molar-refractivity contribution in [1.29, 1.82) is 0 Å². The second-order valence-electron chi connectivity index (χ2n) is 8.59. The quantitative estimate of drug-likeness (QED) is 0.339. The van der Waals surface area contributed by atoms with Crippen LogP contribution in [0.2, 0.25) is 0 Å². The van der Waals surface area contributed by atoms with Crippen LogP contribution in [0.15, 0.2) is 95.4 Å². The van der Waals surface area contributed by atoms with E-state index in [2.05, 4.69) is 66.6 Å². The van der Waals surface area contributed by atoms with Gasteiger partial charge in [-0.1, -0.05) is 68.4 Å². The van der Waals surface area contributed by atoms with Crippen LogP contribution in [0.1, 0.15) is 25.0 Å². The van der Waals surface area contributed by atoms with E-state index in [1.54, 1.807) is 0 Å². The summed E-state index contributed by atoms with van der Waals surface area (Å²) >= 11 is 0. The molecular weight excluding hydrogens is 380 g/mol. The van der Waals surface area contributed by atoms with E-state index < -0.39 is 0 Å². The Bertz CT molecular complexity index is 1430. The van der Waals surface area contributed by atoms with Gasteiger partial charge in [0.25, 0.3) is 0 Å². The van der Waals surface area contributed by atoms with Gasteiger partial charge in [0.1, 0.15) is 5.52 Å². The lowest BCUT2D eigenvalue weighted by Crippen LogP contribution is -2.15. The van der Waals surface area contributed by atoms with Gasteiger partial charge in [0, 0.05) is 16.7 Å². The Morgan fingerprint density at radius 2 is 1.52 bits per heavy atom. The van der Waals surface area contributed by atoms with Gasteiger partial charge in [-0.3, -0.25) is 0 Å². The summed E-state index contributed by atoms with van der Waals surface area (Å²) in [5, 5.41) is 3.57. The van der Waals surface area contributed by atoms with Crippen LogP contribution in [0.3, 0.4) is 0 Å². The summed E-state index contributed by atoms with van der Waals surface area (Å²) in [6, 6.07) is 31.4. The molecule has 0 unspecified atom stereocenters. The van der Waals surface area contributed by atoms with Gasteiger partial charge in [0.2, 0.25) is 5.89 Å². The maximum atomic E-state index is 6.17. The lowest BCUT2D eigenvalue weighted by Gasteiger charge is -2.22. The molecule has 0 saturated carbocycles. The number of benzene rings is 4. The topological polar surface area (TPSA) is 38.1 Å². The fourth-order valence-corrected chi connectivity index (χ4v) is 4.69. The molecule has 5 aromatic rings. The SMILES string of the molecule is CC1(C)c2ccccc2-c2ccc(Nc3cccc4nc(-c5ccccc5)oc34)cc21. The summed E-state index contributed by atoms with van der Waals surface area (Å²) in [7, 11) is 0. The van der Waals surface area contributed by atoms with E-state index in [0.29, 0.717) is 5.89 Å². The third kappa shape index (κ3) is 2.77. The molecule has 0 aliphatic heterocycles. The summed E-state index contributed by atoms with van der Waals surface area (Å²) < 4.78 is 6.17. The van der Waals surface area contributed by atoms with E-state index >= 15 is 0 Å². The molecule has 1 heterocycles. The van der Waals surface area contributed by atoms with Crippen LogP contribution in [0.25, 0.3) is 33.7 Å². The number of fused-ring (bicyclic) bond motifs is 4. The van der Waals surface area contributed by atoms with Crippen LogP contribution in [0, 0.1) is 0 Å². The Balaban J connectivity index is 1.40. The zero-order valence-electron chi connectivity index (χ0n) is 17.5. The fraction of sp³-hybridized carbons (Fsp3) is 0.107. The minimum Gasteiger partial charge on any atom is -0.434 e. The minimum atomic E-state index is -0.0255. The second-order valence-corrected chi connectivity index (χ2v) is 8.59. The maximum absolute atomic E-state index is 6.17. The zero-order chi connectivity index (χ0) is 21.0. The standard InChI is InChI=1S/C28H22N2O/c1-28(2)22-12-7-6-11-20(22)21-16-15-19(17-23(21)28)29-24-13-8-14-25-26(24)31-27(30-25)18-9-4-3-5-10-18/h3-17,29H,1-2H3. The van der Waals surface area contributed by atoms with Crippen molar-refractivity contribution < 1.29 is 4.42 Å². The predicted molar refractivity (Wildman–Crippen MR) is 127 cm³/mol. The Morgan fingerprint density at radius 3 is 2.39 bits per heavy atom. The van der Waals surface area contributed by atoms with E-state index in [9.17, 15) is 0 Å². The Morgan fingerprint density at radius 1 is 0.742 bits per heavy atom. The van der Waals surface area contributed by atoms with Crippen molar-refractivity contribution in [2.45, 2.75) is 19.3 Å². The summed E-state index contributed by atoms with van der Waals surface area (Å²) in [6.07, 6.45) is 0. The van der Waals surface area contributed by atoms with Crippen molar-refractivity contribution in [3.8, 4) is 22.6 Å². The number of nitrogens with one attached hydrogen (secondary N) is 1. The lowest BCUT2D eigenvalue weighted by atomic mass is 9.82. The molecule has 6 rings (SSSR count). The van der Waals surface area contributed by atoms with Crippen molar-refractivity contribution in [2.75, 3.05) is 5.32 Å². The minimum absolute atomic E-state index is 0.0255. The van der Waals surface area contributed by atoms with E-state index in [0.717, 1.165) is 28.0 Å². The number of para-hydroxylation sites is 1. The fourth-order valence-electron chi connectivity index (χ4n) is 4.69. The molecule has 1 aliphatic carbocycles. The molecular formula is C28H22N2O. The average molecular weight is 402 g/mol. The number of oxazole rings is 1. The van der Waals surface area contributed by atoms with Gasteiger partial charge in [-0.15, -0.1) is 0 Å². The third-order valence-electron chi connectivity index (χ3n) is 6.30. The van der Waals surface area contributed by atoms with Crippen molar-refractivity contribution >= 4 is 22.5 Å². The van der Waals surface area contributed by atoms with Crippen molar-refractivity contribution in [1.82, 2.24) is 4.98 Å². The molecule has 4 aromatic carbocycles. The van der Waals surface area contributed by atoms with E-state index in [1.165, 1.54) is 22.3 Å². The molecule has 0 atom stereocenters. The van der Waals surface area contributed by atoms with E-state index in [4.69, 9.17) is 4.42 Å². The number of anilines is 2. The van der Waals surface area contributed by atoms with Crippen molar-refractivity contribution in [3.63, 3.8) is 0 Å². The first-order valence-corrected chi connectivity index (χ1v) is 10.6. The monoisotopic (exact) mass is 402 g/mol. The smallest absolute Gasteiger partial charge is 0.227 e. The normalized spacial score (nSPS) is 13.7. The molecule has 150 valence electrons. The number of rotatable bonds is 3. The van der Waals surface area contributed by atoms with Gasteiger partial charge >= 0.3 is 0 Å². The number of nitrogens with zero attached hydrogens (tertiary/aromatic N) is 1. The predicted octanol–water partition coefficient (Wildman–Crippen LogP) is 7.54. The third-order valence-corrected chi connectivity index (χ3v) is 6.30. The summed E-state index contributed by atoms with van der Waals surface area (Å²) in [4.78, 5) is 4.69. The first kappa shape index (κ1) is 18.0. The van der Waals surface area contributed by atoms with Crippen LogP contribution < -0.4 is 5.32 Å². The second kappa shape index (κ2) is 6.58. The highest BCUT2D eigenvalue weighted by Crippen LogP contribution is 2.49. The van der Waals surface area contributed by atoms with Gasteiger partial charge in [0.05, 0.1) is 5.69 Å². The lowest BCUT2D eigenvalue weighted by molar-refractivity contribution is 0.621. The molecule has 0 radical (unpaired) electrons. The van der Waals surface area contributed by atoms with Gasteiger partial charge in [-0.25, -0.2) is 4.98 Å². The summed E-state index contributed by atoms with van der Waals surface area (Å²) in [5.74, 6) is 0.635. The number of aromatic nitrogens is 1.